The normalized spacial score (nSPS) is 17.3. The molecule has 6 rings (SSSR count). The largest absolute Gasteiger partial charge is 0.392 e. The van der Waals surface area contributed by atoms with Crippen LogP contribution < -0.4 is 5.32 Å². The Balaban J connectivity index is 1.18. The second-order valence-electron chi connectivity index (χ2n) is 12.6. The van der Waals surface area contributed by atoms with Crippen molar-refractivity contribution in [3.8, 4) is 11.1 Å². The molecule has 1 aliphatic rings. The molecule has 0 saturated carbocycles. The molecule has 4 aromatic carbocycles. The van der Waals surface area contributed by atoms with Crippen LogP contribution in [0.15, 0.2) is 97.2 Å². The van der Waals surface area contributed by atoms with E-state index in [0.717, 1.165) is 46.5 Å². The van der Waals surface area contributed by atoms with Crippen molar-refractivity contribution in [2.24, 2.45) is 0 Å². The van der Waals surface area contributed by atoms with Crippen LogP contribution in [0.1, 0.15) is 57.1 Å². The number of aliphatic hydroxyl groups is 1. The summed E-state index contributed by atoms with van der Waals surface area (Å²) in [5.74, 6) is -12.6. The second kappa shape index (κ2) is 16.6. The van der Waals surface area contributed by atoms with E-state index in [4.69, 9.17) is 9.47 Å². The molecule has 0 unspecified atom stereocenters. The first kappa shape index (κ1) is 36.8. The Morgan fingerprint density at radius 3 is 2.19 bits per heavy atom. The molecule has 0 bridgehead atoms. The van der Waals surface area contributed by atoms with Crippen LogP contribution in [-0.4, -0.2) is 47.1 Å². The number of aromatic nitrogens is 1. The van der Waals surface area contributed by atoms with Gasteiger partial charge in [-0.3, -0.25) is 9.78 Å². The van der Waals surface area contributed by atoms with Gasteiger partial charge in [0.25, 0.3) is 5.91 Å². The Hall–Kier alpha value is -5.01. The minimum atomic E-state index is -2.34. The number of nitrogens with one attached hydrogen (secondary N) is 1. The molecule has 7 nitrogen and oxygen atoms in total. The van der Waals surface area contributed by atoms with Gasteiger partial charge in [-0.05, 0) is 59.1 Å². The number of benzene rings is 4. The van der Waals surface area contributed by atoms with Gasteiger partial charge in [0.2, 0.25) is 5.82 Å². The lowest BCUT2D eigenvalue weighted by Crippen LogP contribution is -2.38. The quantitative estimate of drug-likeness (QED) is 0.0787. The van der Waals surface area contributed by atoms with Crippen molar-refractivity contribution in [3.05, 3.63) is 160 Å². The predicted molar refractivity (Wildman–Crippen MR) is 183 cm³/mol. The molecule has 5 aromatic rings. The molecule has 1 aromatic heterocycles. The number of rotatable bonds is 12. The molecular formula is C40H36F5N3O4. The summed E-state index contributed by atoms with van der Waals surface area (Å²) >= 11 is 0. The van der Waals surface area contributed by atoms with Gasteiger partial charge < -0.3 is 24.8 Å². The fourth-order valence-corrected chi connectivity index (χ4v) is 6.12. The second-order valence-corrected chi connectivity index (χ2v) is 12.6. The van der Waals surface area contributed by atoms with Gasteiger partial charge in [0.1, 0.15) is 5.56 Å². The van der Waals surface area contributed by atoms with Crippen molar-refractivity contribution >= 4 is 5.91 Å². The van der Waals surface area contributed by atoms with E-state index in [1.54, 1.807) is 24.4 Å². The van der Waals surface area contributed by atoms with Crippen LogP contribution in [-0.2, 0) is 29.0 Å². The number of carbonyl (C=O) groups is 1. The van der Waals surface area contributed by atoms with E-state index in [1.807, 2.05) is 79.8 Å². The molecule has 1 amide bonds. The Morgan fingerprint density at radius 1 is 0.808 bits per heavy atom. The highest BCUT2D eigenvalue weighted by Crippen LogP contribution is 2.39. The zero-order valence-corrected chi connectivity index (χ0v) is 28.2. The van der Waals surface area contributed by atoms with E-state index in [1.165, 1.54) is 0 Å². The van der Waals surface area contributed by atoms with Crippen molar-refractivity contribution in [2.75, 3.05) is 20.1 Å². The van der Waals surface area contributed by atoms with Crippen molar-refractivity contribution in [3.63, 3.8) is 0 Å². The zero-order chi connectivity index (χ0) is 36.8. The van der Waals surface area contributed by atoms with Crippen LogP contribution in [0.25, 0.3) is 11.1 Å². The summed E-state index contributed by atoms with van der Waals surface area (Å²) in [7, 11) is 2.04. The Bertz CT molecular complexity index is 1990. The van der Waals surface area contributed by atoms with Gasteiger partial charge in [0.15, 0.2) is 29.6 Å². The first-order valence-electron chi connectivity index (χ1n) is 16.7. The van der Waals surface area contributed by atoms with Gasteiger partial charge in [-0.1, -0.05) is 66.7 Å². The fourth-order valence-electron chi connectivity index (χ4n) is 6.12. The van der Waals surface area contributed by atoms with E-state index in [-0.39, 0.29) is 25.4 Å². The summed E-state index contributed by atoms with van der Waals surface area (Å²) in [6.07, 6.45) is 2.01. The number of halogens is 5. The zero-order valence-electron chi connectivity index (χ0n) is 28.2. The van der Waals surface area contributed by atoms with Gasteiger partial charge in [-0.25, -0.2) is 22.0 Å². The monoisotopic (exact) mass is 717 g/mol. The van der Waals surface area contributed by atoms with Crippen LogP contribution in [0.5, 0.6) is 0 Å². The number of aliphatic hydroxyl groups excluding tert-OH is 1. The van der Waals surface area contributed by atoms with Gasteiger partial charge >= 0.3 is 0 Å². The van der Waals surface area contributed by atoms with Gasteiger partial charge in [0, 0.05) is 49.9 Å². The summed E-state index contributed by atoms with van der Waals surface area (Å²) in [6, 6.07) is 28.0. The SMILES string of the molecule is CN(CCc1ccccn1)C[C@@H]1C[C@H](c2ccc(CO)cc2)O[C@H](c2cccc(-c3cccc(CNC(=O)c4c(F)c(F)c(F)c(F)c4F)c3)c2)O1. The first-order valence-corrected chi connectivity index (χ1v) is 16.7. The molecule has 1 fully saturated rings. The molecule has 1 saturated heterocycles. The third kappa shape index (κ3) is 8.54. The third-order valence-corrected chi connectivity index (χ3v) is 8.92. The van der Waals surface area contributed by atoms with E-state index < -0.39 is 46.8 Å². The lowest BCUT2D eigenvalue weighted by molar-refractivity contribution is -0.252. The molecule has 0 aliphatic carbocycles. The Kier molecular flexibility index (Phi) is 11.7. The lowest BCUT2D eigenvalue weighted by atomic mass is 9.98. The summed E-state index contributed by atoms with van der Waals surface area (Å²) in [6.45, 7) is 1.13. The predicted octanol–water partition coefficient (Wildman–Crippen LogP) is 7.59. The Labute approximate surface area is 297 Å². The average molecular weight is 718 g/mol. The summed E-state index contributed by atoms with van der Waals surface area (Å²) in [4.78, 5) is 19.1. The van der Waals surface area contributed by atoms with Crippen LogP contribution in [0, 0.1) is 29.1 Å². The number of likely N-dealkylation sites (N-methyl/N-ethyl adjacent to an activating group) is 1. The Morgan fingerprint density at radius 2 is 1.50 bits per heavy atom. The van der Waals surface area contributed by atoms with Gasteiger partial charge in [0.05, 0.1) is 18.8 Å². The molecule has 2 N–H and O–H groups in total. The highest BCUT2D eigenvalue weighted by molar-refractivity contribution is 5.94. The molecule has 270 valence electrons. The van der Waals surface area contributed by atoms with Crippen LogP contribution in [0.3, 0.4) is 0 Å². The van der Waals surface area contributed by atoms with Crippen LogP contribution in [0.2, 0.25) is 0 Å². The van der Waals surface area contributed by atoms with E-state index in [0.29, 0.717) is 18.5 Å². The number of carbonyl (C=O) groups excluding carboxylic acids is 1. The average Bonchev–Trinajstić information content (AvgIpc) is 3.18. The molecule has 2 heterocycles. The highest BCUT2D eigenvalue weighted by atomic mass is 19.2. The number of nitrogens with zero attached hydrogens (tertiary/aromatic N) is 2. The molecule has 52 heavy (non-hydrogen) atoms. The summed E-state index contributed by atoms with van der Waals surface area (Å²) in [5, 5.41) is 11.8. The smallest absolute Gasteiger partial charge is 0.257 e. The molecule has 12 heteroatoms. The van der Waals surface area contributed by atoms with Gasteiger partial charge in [-0.15, -0.1) is 0 Å². The topological polar surface area (TPSA) is 83.9 Å². The standard InChI is InChI=1S/C40H36F5N3O4/c1-48(17-15-30-10-2-3-16-46-30)22-31-20-32(26-13-11-24(23-49)12-14-26)52-40(51-31)29-9-5-8-28(19-29)27-7-4-6-25(18-27)21-47-39(50)33-34(41)36(43)38(45)37(44)35(33)42/h2-14,16,18-19,31-32,40,49H,15,17,20-23H2,1H3,(H,47,50)/t31-,32+,40+/m0/s1. The molecule has 0 radical (unpaired) electrons. The van der Waals surface area contributed by atoms with Crippen molar-refractivity contribution < 1.29 is 41.3 Å². The van der Waals surface area contributed by atoms with Gasteiger partial charge in [-0.2, -0.15) is 0 Å². The lowest BCUT2D eigenvalue weighted by Gasteiger charge is -2.38. The van der Waals surface area contributed by atoms with E-state index in [2.05, 4.69) is 15.2 Å². The third-order valence-electron chi connectivity index (χ3n) is 8.92. The number of hydrogen-bond acceptors (Lipinski definition) is 6. The van der Waals surface area contributed by atoms with Crippen molar-refractivity contribution in [2.45, 2.75) is 44.5 Å². The van der Waals surface area contributed by atoms with Crippen LogP contribution >= 0.6 is 0 Å². The maximum Gasteiger partial charge on any atom is 0.257 e. The van der Waals surface area contributed by atoms with Crippen molar-refractivity contribution in [1.82, 2.24) is 15.2 Å². The number of pyridine rings is 1. The minimum Gasteiger partial charge on any atom is -0.392 e. The molecule has 1 aliphatic heterocycles. The maximum absolute atomic E-state index is 14.2. The molecular weight excluding hydrogens is 681 g/mol. The van der Waals surface area contributed by atoms with Crippen LogP contribution in [0.4, 0.5) is 22.0 Å². The minimum absolute atomic E-state index is 0.0626. The maximum atomic E-state index is 14.2. The molecule has 0 spiro atoms. The fraction of sp³-hybridized carbons (Fsp3) is 0.250. The van der Waals surface area contributed by atoms with Crippen molar-refractivity contribution in [1.29, 1.82) is 0 Å². The summed E-state index contributed by atoms with van der Waals surface area (Å²) < 4.78 is 82.2. The number of ether oxygens (including phenoxy) is 2. The van der Waals surface area contributed by atoms with E-state index >= 15 is 0 Å². The number of amides is 1. The number of hydrogen-bond donors (Lipinski definition) is 2. The van der Waals surface area contributed by atoms with E-state index in [9.17, 15) is 31.9 Å². The summed E-state index contributed by atoms with van der Waals surface area (Å²) in [5.41, 5.74) is 4.03. The first-order chi connectivity index (χ1) is 25.1. The highest BCUT2D eigenvalue weighted by Gasteiger charge is 2.33. The molecule has 3 atom stereocenters.